The van der Waals surface area contributed by atoms with E-state index in [4.69, 9.17) is 4.98 Å². The van der Waals surface area contributed by atoms with Crippen LogP contribution in [0.2, 0.25) is 0 Å². The standard InChI is InChI=1S/C22H27N3O2S/c26-19-13-22(10-4-1-5-11-22)21(27)25(19)15-24-12-6-7-16(14-24)20-23-17-8-2-3-9-18(17)28-20/h2-3,8-9,16H,1,4-7,10-15H2/t16-/m1/s1. The van der Waals surface area contributed by atoms with Crippen molar-refractivity contribution in [2.24, 2.45) is 5.41 Å². The monoisotopic (exact) mass is 397 g/mol. The van der Waals surface area contributed by atoms with Crippen molar-refractivity contribution in [3.63, 3.8) is 0 Å². The van der Waals surface area contributed by atoms with E-state index in [1.807, 2.05) is 6.07 Å². The molecule has 28 heavy (non-hydrogen) atoms. The maximum Gasteiger partial charge on any atom is 0.237 e. The third-order valence-electron chi connectivity index (χ3n) is 6.81. The van der Waals surface area contributed by atoms with Gasteiger partial charge in [-0.3, -0.25) is 19.4 Å². The first-order valence-corrected chi connectivity index (χ1v) is 11.4. The molecule has 1 atom stereocenters. The highest BCUT2D eigenvalue weighted by molar-refractivity contribution is 7.18. The van der Waals surface area contributed by atoms with Crippen molar-refractivity contribution in [1.82, 2.24) is 14.8 Å². The molecule has 1 spiro atoms. The minimum atomic E-state index is -0.377. The van der Waals surface area contributed by atoms with Crippen molar-refractivity contribution in [2.75, 3.05) is 19.8 Å². The van der Waals surface area contributed by atoms with Crippen molar-refractivity contribution in [3.05, 3.63) is 29.3 Å². The fourth-order valence-electron chi connectivity index (χ4n) is 5.27. The lowest BCUT2D eigenvalue weighted by Crippen LogP contribution is -2.46. The zero-order valence-electron chi connectivity index (χ0n) is 16.2. The Balaban J connectivity index is 1.29. The van der Waals surface area contributed by atoms with Crippen LogP contribution in [0.25, 0.3) is 10.2 Å². The highest BCUT2D eigenvalue weighted by atomic mass is 32.1. The van der Waals surface area contributed by atoms with E-state index in [1.165, 1.54) is 16.1 Å². The summed E-state index contributed by atoms with van der Waals surface area (Å²) in [6, 6.07) is 8.29. The molecule has 1 aromatic carbocycles. The number of aromatic nitrogens is 1. The van der Waals surface area contributed by atoms with Crippen LogP contribution < -0.4 is 0 Å². The zero-order valence-corrected chi connectivity index (χ0v) is 17.0. The van der Waals surface area contributed by atoms with Gasteiger partial charge in [0, 0.05) is 18.9 Å². The second-order valence-electron chi connectivity index (χ2n) is 8.72. The molecule has 1 aliphatic carbocycles. The number of rotatable bonds is 3. The van der Waals surface area contributed by atoms with Crippen molar-refractivity contribution >= 4 is 33.4 Å². The molecule has 2 aromatic rings. The first-order valence-electron chi connectivity index (χ1n) is 10.6. The summed E-state index contributed by atoms with van der Waals surface area (Å²) in [6.45, 7) is 2.29. The van der Waals surface area contributed by atoms with Gasteiger partial charge in [0.05, 0.1) is 27.3 Å². The van der Waals surface area contributed by atoms with Crippen LogP contribution in [-0.2, 0) is 9.59 Å². The summed E-state index contributed by atoms with van der Waals surface area (Å²) >= 11 is 1.78. The van der Waals surface area contributed by atoms with Crippen LogP contribution in [0.5, 0.6) is 0 Å². The fraction of sp³-hybridized carbons (Fsp3) is 0.591. The van der Waals surface area contributed by atoms with Gasteiger partial charge in [-0.2, -0.15) is 0 Å². The summed E-state index contributed by atoms with van der Waals surface area (Å²) < 4.78 is 1.23. The number of hydrogen-bond acceptors (Lipinski definition) is 5. The number of para-hydroxylation sites is 1. The van der Waals surface area contributed by atoms with Crippen molar-refractivity contribution in [3.8, 4) is 0 Å². The van der Waals surface area contributed by atoms with Crippen molar-refractivity contribution in [1.29, 1.82) is 0 Å². The Morgan fingerprint density at radius 2 is 1.93 bits per heavy atom. The average molecular weight is 398 g/mol. The van der Waals surface area contributed by atoms with Gasteiger partial charge < -0.3 is 0 Å². The number of fused-ring (bicyclic) bond motifs is 1. The number of nitrogens with zero attached hydrogens (tertiary/aromatic N) is 3. The molecule has 2 amide bonds. The molecule has 5 nitrogen and oxygen atoms in total. The van der Waals surface area contributed by atoms with Gasteiger partial charge in [-0.15, -0.1) is 11.3 Å². The van der Waals surface area contributed by atoms with E-state index >= 15 is 0 Å². The number of thiazole rings is 1. The zero-order chi connectivity index (χ0) is 19.1. The van der Waals surface area contributed by atoms with Crippen LogP contribution in [0, 0.1) is 5.41 Å². The maximum atomic E-state index is 13.1. The lowest BCUT2D eigenvalue weighted by atomic mass is 9.73. The molecule has 3 heterocycles. The molecule has 1 saturated carbocycles. The number of amides is 2. The smallest absolute Gasteiger partial charge is 0.237 e. The molecule has 0 unspecified atom stereocenters. The summed E-state index contributed by atoms with van der Waals surface area (Å²) in [5.41, 5.74) is 0.696. The largest absolute Gasteiger partial charge is 0.285 e. The van der Waals surface area contributed by atoms with Crippen LogP contribution in [0.3, 0.4) is 0 Å². The number of carbonyl (C=O) groups is 2. The summed E-state index contributed by atoms with van der Waals surface area (Å²) in [5.74, 6) is 0.524. The number of piperidine rings is 1. The van der Waals surface area contributed by atoms with Crippen molar-refractivity contribution < 1.29 is 9.59 Å². The summed E-state index contributed by atoms with van der Waals surface area (Å²) in [4.78, 5) is 34.5. The number of imide groups is 1. The minimum absolute atomic E-state index is 0.0361. The molecule has 1 aromatic heterocycles. The van der Waals surface area contributed by atoms with E-state index in [1.54, 1.807) is 16.2 Å². The van der Waals surface area contributed by atoms with Gasteiger partial charge >= 0.3 is 0 Å². The molecule has 0 N–H and O–H groups in total. The molecule has 148 valence electrons. The van der Waals surface area contributed by atoms with E-state index < -0.39 is 0 Å². The van der Waals surface area contributed by atoms with E-state index in [9.17, 15) is 9.59 Å². The summed E-state index contributed by atoms with van der Waals surface area (Å²) in [5, 5.41) is 1.19. The van der Waals surface area contributed by atoms with Gasteiger partial charge in [0.15, 0.2) is 0 Å². The molecular formula is C22H27N3O2S. The topological polar surface area (TPSA) is 53.5 Å². The van der Waals surface area contributed by atoms with E-state index in [0.29, 0.717) is 19.0 Å². The van der Waals surface area contributed by atoms with Gasteiger partial charge in [0.1, 0.15) is 0 Å². The average Bonchev–Trinajstić information content (AvgIpc) is 3.24. The third kappa shape index (κ3) is 3.16. The molecule has 5 rings (SSSR count). The van der Waals surface area contributed by atoms with Gasteiger partial charge in [0.25, 0.3) is 0 Å². The Morgan fingerprint density at radius 3 is 2.75 bits per heavy atom. The molecule has 3 fully saturated rings. The van der Waals surface area contributed by atoms with Gasteiger partial charge in [-0.05, 0) is 44.4 Å². The van der Waals surface area contributed by atoms with Gasteiger partial charge in [0.2, 0.25) is 11.8 Å². The predicted octanol–water partition coefficient (Wildman–Crippen LogP) is 4.14. The first kappa shape index (κ1) is 18.3. The van der Waals surface area contributed by atoms with Crippen molar-refractivity contribution in [2.45, 2.75) is 57.3 Å². The second-order valence-corrected chi connectivity index (χ2v) is 9.78. The third-order valence-corrected chi connectivity index (χ3v) is 8.01. The van der Waals surface area contributed by atoms with E-state index in [2.05, 4.69) is 23.1 Å². The Hall–Kier alpha value is -1.79. The summed E-state index contributed by atoms with van der Waals surface area (Å²) in [6.07, 6.45) is 7.78. The molecule has 6 heteroatoms. The quantitative estimate of drug-likeness (QED) is 0.731. The molecule has 0 radical (unpaired) electrons. The van der Waals surface area contributed by atoms with Crippen LogP contribution in [0.15, 0.2) is 24.3 Å². The first-order chi connectivity index (χ1) is 13.6. The van der Waals surface area contributed by atoms with Crippen LogP contribution in [0.1, 0.15) is 62.3 Å². The summed E-state index contributed by atoms with van der Waals surface area (Å²) in [7, 11) is 0. The Morgan fingerprint density at radius 1 is 1.11 bits per heavy atom. The number of likely N-dealkylation sites (tertiary alicyclic amines) is 2. The normalized spacial score (nSPS) is 25.9. The molecule has 0 bridgehead atoms. The Labute approximate surface area is 169 Å². The van der Waals surface area contributed by atoms with Crippen LogP contribution in [0.4, 0.5) is 0 Å². The molecular weight excluding hydrogens is 370 g/mol. The van der Waals surface area contributed by atoms with Crippen LogP contribution >= 0.6 is 11.3 Å². The second kappa shape index (κ2) is 7.23. The minimum Gasteiger partial charge on any atom is -0.285 e. The predicted molar refractivity (Wildman–Crippen MR) is 110 cm³/mol. The molecule has 3 aliphatic rings. The lowest BCUT2D eigenvalue weighted by molar-refractivity contribution is -0.145. The van der Waals surface area contributed by atoms with Gasteiger partial charge in [-0.25, -0.2) is 4.98 Å². The molecule has 2 aliphatic heterocycles. The van der Waals surface area contributed by atoms with Gasteiger partial charge in [-0.1, -0.05) is 31.4 Å². The Bertz CT molecular complexity index is 869. The number of hydrogen-bond donors (Lipinski definition) is 0. The molecule has 2 saturated heterocycles. The van der Waals surface area contributed by atoms with E-state index in [-0.39, 0.29) is 17.2 Å². The fourth-order valence-corrected chi connectivity index (χ4v) is 6.37. The highest BCUT2D eigenvalue weighted by Crippen LogP contribution is 2.45. The highest BCUT2D eigenvalue weighted by Gasteiger charge is 2.51. The lowest BCUT2D eigenvalue weighted by Gasteiger charge is -2.35. The SMILES string of the molecule is O=C1CC2(CCCCC2)C(=O)N1CN1CCC[C@@H](c2nc3ccccc3s2)C1. The number of benzene rings is 1. The van der Waals surface area contributed by atoms with E-state index in [0.717, 1.165) is 57.1 Å². The maximum absolute atomic E-state index is 13.1. The number of carbonyl (C=O) groups excluding carboxylic acids is 2. The van der Waals surface area contributed by atoms with Crippen LogP contribution in [-0.4, -0.2) is 46.4 Å². The Kier molecular flexibility index (Phi) is 4.71.